The van der Waals surface area contributed by atoms with Gasteiger partial charge in [-0.1, -0.05) is 84.4 Å². The zero-order valence-electron chi connectivity index (χ0n) is 22.8. The van der Waals surface area contributed by atoms with E-state index in [0.29, 0.717) is 12.2 Å². The van der Waals surface area contributed by atoms with E-state index in [-0.39, 0.29) is 24.8 Å². The summed E-state index contributed by atoms with van der Waals surface area (Å²) >= 11 is 3.43. The Morgan fingerprint density at radius 3 is 2.05 bits per heavy atom. The number of nitrogens with zero attached hydrogens (tertiary/aromatic N) is 2. The highest BCUT2D eigenvalue weighted by atomic mass is 79.9. The molecule has 0 heterocycles. The molecule has 0 aliphatic rings. The number of anilines is 1. The summed E-state index contributed by atoms with van der Waals surface area (Å²) in [5.41, 5.74) is 3.18. The molecule has 0 aliphatic carbocycles. The molecule has 9 heteroatoms. The fourth-order valence-corrected chi connectivity index (χ4v) is 5.39. The number of carbonyl (C=O) groups excluding carboxylic acids is 2. The molecule has 0 fully saturated rings. The van der Waals surface area contributed by atoms with Crippen molar-refractivity contribution in [2.45, 2.75) is 45.7 Å². The van der Waals surface area contributed by atoms with Gasteiger partial charge in [0.05, 0.1) is 11.9 Å². The number of amides is 2. The summed E-state index contributed by atoms with van der Waals surface area (Å²) in [6.07, 6.45) is 1.37. The Hall–Kier alpha value is -3.17. The summed E-state index contributed by atoms with van der Waals surface area (Å²) in [7, 11) is -3.79. The Balaban J connectivity index is 2.02. The van der Waals surface area contributed by atoms with Gasteiger partial charge < -0.3 is 10.2 Å². The lowest BCUT2D eigenvalue weighted by atomic mass is 10.0. The van der Waals surface area contributed by atoms with E-state index >= 15 is 0 Å². The predicted molar refractivity (Wildman–Crippen MR) is 160 cm³/mol. The van der Waals surface area contributed by atoms with E-state index in [2.05, 4.69) is 35.1 Å². The molecular weight excluding hydrogens is 578 g/mol. The largest absolute Gasteiger partial charge is 0.355 e. The first kappa shape index (κ1) is 30.4. The molecule has 1 atom stereocenters. The molecule has 3 aromatic rings. The van der Waals surface area contributed by atoms with Crippen LogP contribution in [-0.4, -0.2) is 50.5 Å². The average molecular weight is 615 g/mol. The van der Waals surface area contributed by atoms with Gasteiger partial charge in [0.1, 0.15) is 12.6 Å². The zero-order valence-corrected chi connectivity index (χ0v) is 25.2. The van der Waals surface area contributed by atoms with Crippen LogP contribution in [0.25, 0.3) is 0 Å². The van der Waals surface area contributed by atoms with E-state index in [1.54, 1.807) is 12.1 Å². The van der Waals surface area contributed by atoms with Gasteiger partial charge in [-0.3, -0.25) is 13.9 Å². The standard InChI is InChI=1S/C30H36BrN3O4S/c1-5-32-30(36)28(19-23-9-7-6-8-10-23)33(20-24-11-15-26(31)16-12-24)29(35)21-34(39(4,37)38)27-17-13-25(14-18-27)22(2)3/h6-18,22,28H,5,19-21H2,1-4H3,(H,32,36)/t28-/m0/s1. The SMILES string of the molecule is CCNC(=O)[C@H](Cc1ccccc1)N(Cc1ccc(Br)cc1)C(=O)CN(c1ccc(C(C)C)cc1)S(C)(=O)=O. The minimum absolute atomic E-state index is 0.143. The van der Waals surface area contributed by atoms with E-state index in [9.17, 15) is 18.0 Å². The molecule has 0 aromatic heterocycles. The number of carbonyl (C=O) groups is 2. The van der Waals surface area contributed by atoms with Crippen molar-refractivity contribution in [3.05, 3.63) is 100 Å². The number of hydrogen-bond donors (Lipinski definition) is 1. The smallest absolute Gasteiger partial charge is 0.244 e. The van der Waals surface area contributed by atoms with Crippen molar-refractivity contribution in [2.75, 3.05) is 23.7 Å². The van der Waals surface area contributed by atoms with Crippen molar-refractivity contribution in [3.63, 3.8) is 0 Å². The molecule has 1 N–H and O–H groups in total. The fourth-order valence-electron chi connectivity index (χ4n) is 4.27. The van der Waals surface area contributed by atoms with Gasteiger partial charge in [0, 0.05) is 24.0 Å². The first-order valence-electron chi connectivity index (χ1n) is 12.9. The number of sulfonamides is 1. The molecule has 0 radical (unpaired) electrons. The fraction of sp³-hybridized carbons (Fsp3) is 0.333. The minimum Gasteiger partial charge on any atom is -0.355 e. The number of hydrogen-bond acceptors (Lipinski definition) is 4. The van der Waals surface area contributed by atoms with E-state index in [4.69, 9.17) is 0 Å². The molecule has 2 amide bonds. The predicted octanol–water partition coefficient (Wildman–Crippen LogP) is 5.11. The van der Waals surface area contributed by atoms with Crippen molar-refractivity contribution in [1.29, 1.82) is 0 Å². The molecule has 3 aromatic carbocycles. The van der Waals surface area contributed by atoms with Gasteiger partial charge in [0.25, 0.3) is 0 Å². The third-order valence-electron chi connectivity index (χ3n) is 6.42. The van der Waals surface area contributed by atoms with Crippen LogP contribution in [0.2, 0.25) is 0 Å². The number of benzene rings is 3. The van der Waals surface area contributed by atoms with Gasteiger partial charge in [-0.25, -0.2) is 8.42 Å². The molecular formula is C30H36BrN3O4S. The second-order valence-electron chi connectivity index (χ2n) is 9.76. The third-order valence-corrected chi connectivity index (χ3v) is 8.08. The molecule has 0 saturated carbocycles. The van der Waals surface area contributed by atoms with Gasteiger partial charge in [-0.2, -0.15) is 0 Å². The molecule has 0 bridgehead atoms. The second-order valence-corrected chi connectivity index (χ2v) is 12.6. The van der Waals surface area contributed by atoms with E-state index in [1.165, 1.54) is 4.90 Å². The molecule has 0 aliphatic heterocycles. The van der Waals surface area contributed by atoms with Crippen molar-refractivity contribution in [3.8, 4) is 0 Å². The quantitative estimate of drug-likeness (QED) is 0.307. The molecule has 0 unspecified atom stereocenters. The van der Waals surface area contributed by atoms with Crippen LogP contribution in [0.4, 0.5) is 5.69 Å². The van der Waals surface area contributed by atoms with Crippen LogP contribution in [0.5, 0.6) is 0 Å². The summed E-state index contributed by atoms with van der Waals surface area (Å²) in [5.74, 6) is -0.480. The Bertz CT molecular complexity index is 1350. The van der Waals surface area contributed by atoms with Gasteiger partial charge in [0.15, 0.2) is 0 Å². The number of nitrogens with one attached hydrogen (secondary N) is 1. The number of rotatable bonds is 12. The van der Waals surface area contributed by atoms with Crippen LogP contribution < -0.4 is 9.62 Å². The van der Waals surface area contributed by atoms with E-state index in [1.807, 2.05) is 73.7 Å². The lowest BCUT2D eigenvalue weighted by molar-refractivity contribution is -0.140. The molecule has 0 saturated heterocycles. The second kappa shape index (κ2) is 13.8. The van der Waals surface area contributed by atoms with Gasteiger partial charge >= 0.3 is 0 Å². The van der Waals surface area contributed by atoms with E-state index < -0.39 is 28.5 Å². The normalized spacial score (nSPS) is 12.2. The molecule has 7 nitrogen and oxygen atoms in total. The van der Waals surface area contributed by atoms with Gasteiger partial charge in [0.2, 0.25) is 21.8 Å². The first-order chi connectivity index (χ1) is 18.5. The Labute approximate surface area is 240 Å². The molecule has 208 valence electrons. The minimum atomic E-state index is -3.79. The third kappa shape index (κ3) is 8.66. The van der Waals surface area contributed by atoms with Crippen molar-refractivity contribution >= 4 is 43.5 Å². The van der Waals surface area contributed by atoms with Crippen LogP contribution in [0.1, 0.15) is 43.4 Å². The highest BCUT2D eigenvalue weighted by Gasteiger charge is 2.32. The lowest BCUT2D eigenvalue weighted by Crippen LogP contribution is -2.53. The Morgan fingerprint density at radius 2 is 1.51 bits per heavy atom. The van der Waals surface area contributed by atoms with Crippen molar-refractivity contribution < 1.29 is 18.0 Å². The van der Waals surface area contributed by atoms with Gasteiger partial charge in [-0.05, 0) is 53.8 Å². The highest BCUT2D eigenvalue weighted by Crippen LogP contribution is 2.23. The van der Waals surface area contributed by atoms with Gasteiger partial charge in [-0.15, -0.1) is 0 Å². The summed E-state index contributed by atoms with van der Waals surface area (Å²) in [4.78, 5) is 28.8. The molecule has 39 heavy (non-hydrogen) atoms. The maximum atomic E-state index is 14.0. The van der Waals surface area contributed by atoms with Crippen molar-refractivity contribution in [2.24, 2.45) is 0 Å². The number of likely N-dealkylation sites (N-methyl/N-ethyl adjacent to an activating group) is 1. The number of halogens is 1. The van der Waals surface area contributed by atoms with E-state index in [0.717, 1.165) is 31.7 Å². The monoisotopic (exact) mass is 613 g/mol. The van der Waals surface area contributed by atoms with Crippen molar-refractivity contribution in [1.82, 2.24) is 10.2 Å². The Morgan fingerprint density at radius 1 is 0.897 bits per heavy atom. The zero-order chi connectivity index (χ0) is 28.6. The molecule has 3 rings (SSSR count). The molecule has 0 spiro atoms. The van der Waals surface area contributed by atoms with Crippen LogP contribution in [0.15, 0.2) is 83.3 Å². The average Bonchev–Trinajstić information content (AvgIpc) is 2.90. The van der Waals surface area contributed by atoms with Crippen LogP contribution in [0.3, 0.4) is 0 Å². The lowest BCUT2D eigenvalue weighted by Gasteiger charge is -2.33. The van der Waals surface area contributed by atoms with Crippen LogP contribution >= 0.6 is 15.9 Å². The maximum Gasteiger partial charge on any atom is 0.244 e. The Kier molecular flexibility index (Phi) is 10.7. The van der Waals surface area contributed by atoms with Crippen LogP contribution in [0, 0.1) is 0 Å². The highest BCUT2D eigenvalue weighted by molar-refractivity contribution is 9.10. The topological polar surface area (TPSA) is 86.8 Å². The summed E-state index contributed by atoms with van der Waals surface area (Å²) in [6.45, 7) is 6.06. The first-order valence-corrected chi connectivity index (χ1v) is 15.6. The summed E-state index contributed by atoms with van der Waals surface area (Å²) in [6, 6.07) is 23.3. The van der Waals surface area contributed by atoms with Crippen LogP contribution in [-0.2, 0) is 32.6 Å². The summed E-state index contributed by atoms with van der Waals surface area (Å²) < 4.78 is 27.7. The summed E-state index contributed by atoms with van der Waals surface area (Å²) in [5, 5.41) is 2.86. The maximum absolute atomic E-state index is 14.0.